The summed E-state index contributed by atoms with van der Waals surface area (Å²) in [5, 5.41) is 14.3. The fourth-order valence-corrected chi connectivity index (χ4v) is 3.67. The van der Waals surface area contributed by atoms with Crippen LogP contribution in [-0.4, -0.2) is 35.9 Å². The summed E-state index contributed by atoms with van der Waals surface area (Å²) in [7, 11) is 0. The molecule has 0 aliphatic carbocycles. The van der Waals surface area contributed by atoms with E-state index in [-0.39, 0.29) is 22.8 Å². The van der Waals surface area contributed by atoms with Crippen molar-refractivity contribution in [2.24, 2.45) is 0 Å². The molecular weight excluding hydrogens is 383 g/mol. The Balaban J connectivity index is 1.44. The Morgan fingerprint density at radius 1 is 1.00 bits per heavy atom. The number of nitrogens with zero attached hydrogens (tertiary/aromatic N) is 2. The second kappa shape index (κ2) is 9.00. The number of hydrogen-bond acceptors (Lipinski definition) is 5. The van der Waals surface area contributed by atoms with Crippen molar-refractivity contribution in [3.8, 4) is 0 Å². The number of anilines is 2. The normalized spacial score (nSPS) is 15.4. The molecule has 1 amide bonds. The standard InChI is InChI=1S/C23H23FN4O2/c24-18-6-4-5-17(15-18)23(11-13-30-14-12-23)16-25-21-10-9-20(27-28-21)22(29)26-19-7-2-1-3-8-19/h1-10,15H,11-14,16H2,(H,25,28)(H,26,29). The molecule has 0 saturated carbocycles. The van der Waals surface area contributed by atoms with E-state index in [4.69, 9.17) is 4.74 Å². The fourth-order valence-electron chi connectivity index (χ4n) is 3.67. The molecule has 1 saturated heterocycles. The van der Waals surface area contributed by atoms with Crippen LogP contribution in [0.1, 0.15) is 28.9 Å². The quantitative estimate of drug-likeness (QED) is 0.646. The van der Waals surface area contributed by atoms with E-state index in [2.05, 4.69) is 20.8 Å². The van der Waals surface area contributed by atoms with E-state index >= 15 is 0 Å². The van der Waals surface area contributed by atoms with Crippen LogP contribution >= 0.6 is 0 Å². The summed E-state index contributed by atoms with van der Waals surface area (Å²) >= 11 is 0. The van der Waals surface area contributed by atoms with E-state index in [1.807, 2.05) is 24.3 Å². The Bertz CT molecular complexity index is 990. The van der Waals surface area contributed by atoms with Gasteiger partial charge in [0.1, 0.15) is 11.6 Å². The Labute approximate surface area is 174 Å². The van der Waals surface area contributed by atoms with Crippen molar-refractivity contribution in [1.29, 1.82) is 0 Å². The van der Waals surface area contributed by atoms with Gasteiger partial charge in [0.05, 0.1) is 0 Å². The van der Waals surface area contributed by atoms with Gasteiger partial charge < -0.3 is 15.4 Å². The molecule has 4 rings (SSSR count). The molecule has 2 aromatic carbocycles. The van der Waals surface area contributed by atoms with Gasteiger partial charge in [-0.25, -0.2) is 4.39 Å². The monoisotopic (exact) mass is 406 g/mol. The molecule has 0 bridgehead atoms. The first kappa shape index (κ1) is 20.0. The Hall–Kier alpha value is -3.32. The maximum Gasteiger partial charge on any atom is 0.276 e. The lowest BCUT2D eigenvalue weighted by atomic mass is 9.74. The Morgan fingerprint density at radius 3 is 2.50 bits per heavy atom. The highest BCUT2D eigenvalue weighted by molar-refractivity contribution is 6.02. The highest BCUT2D eigenvalue weighted by Gasteiger charge is 2.34. The molecule has 0 spiro atoms. The highest BCUT2D eigenvalue weighted by atomic mass is 19.1. The van der Waals surface area contributed by atoms with Crippen molar-refractivity contribution in [2.75, 3.05) is 30.4 Å². The van der Waals surface area contributed by atoms with E-state index in [1.54, 1.807) is 36.4 Å². The molecule has 3 aromatic rings. The molecule has 0 atom stereocenters. The van der Waals surface area contributed by atoms with Crippen molar-refractivity contribution in [2.45, 2.75) is 18.3 Å². The number of amides is 1. The van der Waals surface area contributed by atoms with Gasteiger partial charge in [-0.2, -0.15) is 0 Å². The number of halogens is 1. The second-order valence-corrected chi connectivity index (χ2v) is 7.38. The minimum Gasteiger partial charge on any atom is -0.381 e. The SMILES string of the molecule is O=C(Nc1ccccc1)c1ccc(NCC2(c3cccc(F)c3)CCOCC2)nn1. The largest absolute Gasteiger partial charge is 0.381 e. The lowest BCUT2D eigenvalue weighted by Crippen LogP contribution is -2.40. The van der Waals surface area contributed by atoms with Gasteiger partial charge in [0.25, 0.3) is 5.91 Å². The van der Waals surface area contributed by atoms with Gasteiger partial charge in [0.2, 0.25) is 0 Å². The number of carbonyl (C=O) groups excluding carboxylic acids is 1. The zero-order valence-corrected chi connectivity index (χ0v) is 16.5. The molecule has 0 unspecified atom stereocenters. The smallest absolute Gasteiger partial charge is 0.276 e. The van der Waals surface area contributed by atoms with Gasteiger partial charge >= 0.3 is 0 Å². The first-order valence-corrected chi connectivity index (χ1v) is 9.92. The summed E-state index contributed by atoms with van der Waals surface area (Å²) in [5.74, 6) is 0.00128. The fraction of sp³-hybridized carbons (Fsp3) is 0.261. The van der Waals surface area contributed by atoms with E-state index in [0.717, 1.165) is 18.4 Å². The number of para-hydroxylation sites is 1. The van der Waals surface area contributed by atoms with Crippen molar-refractivity contribution >= 4 is 17.4 Å². The average molecular weight is 406 g/mol. The third-order valence-electron chi connectivity index (χ3n) is 5.42. The third kappa shape index (κ3) is 4.63. The molecule has 2 heterocycles. The number of carbonyl (C=O) groups is 1. The van der Waals surface area contributed by atoms with Crippen molar-refractivity contribution in [3.05, 3.63) is 83.8 Å². The summed E-state index contributed by atoms with van der Waals surface area (Å²) in [4.78, 5) is 12.3. The zero-order chi connectivity index (χ0) is 20.8. The predicted molar refractivity (Wildman–Crippen MR) is 113 cm³/mol. The molecule has 7 heteroatoms. The second-order valence-electron chi connectivity index (χ2n) is 7.38. The Morgan fingerprint density at radius 2 is 1.80 bits per heavy atom. The minimum absolute atomic E-state index is 0.232. The topological polar surface area (TPSA) is 76.1 Å². The molecule has 1 fully saturated rings. The van der Waals surface area contributed by atoms with Crippen LogP contribution in [0.2, 0.25) is 0 Å². The molecule has 30 heavy (non-hydrogen) atoms. The van der Waals surface area contributed by atoms with E-state index in [1.165, 1.54) is 6.07 Å². The lowest BCUT2D eigenvalue weighted by molar-refractivity contribution is 0.0542. The minimum atomic E-state index is -0.319. The molecular formula is C23H23FN4O2. The summed E-state index contributed by atoms with van der Waals surface area (Å²) in [6.45, 7) is 1.83. The number of nitrogens with one attached hydrogen (secondary N) is 2. The summed E-state index contributed by atoms with van der Waals surface area (Å²) in [6.07, 6.45) is 1.57. The summed E-state index contributed by atoms with van der Waals surface area (Å²) in [6, 6.07) is 19.3. The van der Waals surface area contributed by atoms with Crippen LogP contribution in [0.15, 0.2) is 66.7 Å². The molecule has 6 nitrogen and oxygen atoms in total. The number of rotatable bonds is 6. The van der Waals surface area contributed by atoms with Gasteiger partial charge in [-0.3, -0.25) is 4.79 Å². The van der Waals surface area contributed by atoms with Gasteiger partial charge in [0.15, 0.2) is 5.69 Å². The van der Waals surface area contributed by atoms with Crippen LogP contribution in [0.25, 0.3) is 0 Å². The first-order valence-electron chi connectivity index (χ1n) is 9.92. The van der Waals surface area contributed by atoms with Gasteiger partial charge in [-0.15, -0.1) is 10.2 Å². The number of hydrogen-bond donors (Lipinski definition) is 2. The van der Waals surface area contributed by atoms with Gasteiger partial charge in [-0.1, -0.05) is 30.3 Å². The molecule has 2 N–H and O–H groups in total. The van der Waals surface area contributed by atoms with Crippen molar-refractivity contribution < 1.29 is 13.9 Å². The maximum absolute atomic E-state index is 13.8. The average Bonchev–Trinajstić information content (AvgIpc) is 2.79. The zero-order valence-electron chi connectivity index (χ0n) is 16.5. The molecule has 1 aliphatic rings. The van der Waals surface area contributed by atoms with Crippen molar-refractivity contribution in [3.63, 3.8) is 0 Å². The first-order chi connectivity index (χ1) is 14.6. The molecule has 1 aliphatic heterocycles. The van der Waals surface area contributed by atoms with Crippen LogP contribution < -0.4 is 10.6 Å². The molecule has 1 aromatic heterocycles. The van der Waals surface area contributed by atoms with Crippen LogP contribution in [0.4, 0.5) is 15.9 Å². The summed E-state index contributed by atoms with van der Waals surface area (Å²) in [5.41, 5.74) is 1.63. The predicted octanol–water partition coefficient (Wildman–Crippen LogP) is 4.03. The molecule has 154 valence electrons. The third-order valence-corrected chi connectivity index (χ3v) is 5.42. The number of benzene rings is 2. The molecule has 0 radical (unpaired) electrons. The van der Waals surface area contributed by atoms with Crippen molar-refractivity contribution in [1.82, 2.24) is 10.2 Å². The van der Waals surface area contributed by atoms with E-state index < -0.39 is 0 Å². The lowest BCUT2D eigenvalue weighted by Gasteiger charge is -2.38. The van der Waals surface area contributed by atoms with Gasteiger partial charge in [0, 0.05) is 30.9 Å². The van der Waals surface area contributed by atoms with Crippen LogP contribution in [-0.2, 0) is 10.2 Å². The van der Waals surface area contributed by atoms with Crippen LogP contribution in [0.3, 0.4) is 0 Å². The highest BCUT2D eigenvalue weighted by Crippen LogP contribution is 2.35. The maximum atomic E-state index is 13.8. The van der Waals surface area contributed by atoms with E-state index in [0.29, 0.717) is 31.3 Å². The van der Waals surface area contributed by atoms with Gasteiger partial charge in [-0.05, 0) is 54.8 Å². The Kier molecular flexibility index (Phi) is 5.99. The van der Waals surface area contributed by atoms with E-state index in [9.17, 15) is 9.18 Å². The summed E-state index contributed by atoms with van der Waals surface area (Å²) < 4.78 is 19.3. The number of aromatic nitrogens is 2. The number of ether oxygens (including phenoxy) is 1. The van der Waals surface area contributed by atoms with Crippen LogP contribution in [0.5, 0.6) is 0 Å². The van der Waals surface area contributed by atoms with Crippen LogP contribution in [0, 0.1) is 5.82 Å².